The predicted molar refractivity (Wildman–Crippen MR) is 62.0 cm³/mol. The van der Waals surface area contributed by atoms with Crippen LogP contribution in [0.3, 0.4) is 0 Å². The maximum atomic E-state index is 11.2. The van der Waals surface area contributed by atoms with Crippen LogP contribution in [0.25, 0.3) is 0 Å². The van der Waals surface area contributed by atoms with Crippen LogP contribution >= 0.6 is 0 Å². The molecule has 1 aliphatic rings. The van der Waals surface area contributed by atoms with Gasteiger partial charge in [0.15, 0.2) is 0 Å². The van der Waals surface area contributed by atoms with Gasteiger partial charge in [-0.1, -0.05) is 0 Å². The third-order valence-corrected chi connectivity index (χ3v) is 3.49. The van der Waals surface area contributed by atoms with Gasteiger partial charge in [-0.2, -0.15) is 5.10 Å². The van der Waals surface area contributed by atoms with Gasteiger partial charge in [-0.25, -0.2) is 0 Å². The Morgan fingerprint density at radius 1 is 1.56 bits per heavy atom. The number of likely N-dealkylation sites (tertiary alicyclic amines) is 1. The van der Waals surface area contributed by atoms with Gasteiger partial charge in [-0.15, -0.1) is 0 Å². The summed E-state index contributed by atoms with van der Waals surface area (Å²) in [6.07, 6.45) is 3.91. The zero-order valence-corrected chi connectivity index (χ0v) is 9.99. The molecule has 0 radical (unpaired) electrons. The van der Waals surface area contributed by atoms with Crippen molar-refractivity contribution in [3.63, 3.8) is 0 Å². The number of carbonyl (C=O) groups is 1. The largest absolute Gasteiger partial charge is 0.300 e. The van der Waals surface area contributed by atoms with Crippen molar-refractivity contribution in [2.45, 2.75) is 33.2 Å². The summed E-state index contributed by atoms with van der Waals surface area (Å²) >= 11 is 0. The fourth-order valence-electron chi connectivity index (χ4n) is 2.27. The third-order valence-electron chi connectivity index (χ3n) is 3.49. The van der Waals surface area contributed by atoms with Gasteiger partial charge in [0.05, 0.1) is 6.20 Å². The molecule has 0 spiro atoms. The number of aromatic amines is 1. The lowest BCUT2D eigenvalue weighted by molar-refractivity contribution is -0.122. The number of hydrogen-bond acceptors (Lipinski definition) is 3. The highest BCUT2D eigenvalue weighted by Gasteiger charge is 2.22. The van der Waals surface area contributed by atoms with Crippen LogP contribution in [-0.4, -0.2) is 34.0 Å². The molecule has 1 aliphatic heterocycles. The molecule has 2 heterocycles. The standard InChI is InChI=1S/C12H19N3O/c1-9-12(7-13-14-9)8-15-5-3-11(4-6-15)10(2)16/h7,11H,3-6,8H2,1-2H3,(H,13,14). The second-order valence-electron chi connectivity index (χ2n) is 4.68. The fourth-order valence-corrected chi connectivity index (χ4v) is 2.27. The average molecular weight is 221 g/mol. The van der Waals surface area contributed by atoms with Crippen molar-refractivity contribution in [1.82, 2.24) is 15.1 Å². The van der Waals surface area contributed by atoms with Gasteiger partial charge >= 0.3 is 0 Å². The zero-order chi connectivity index (χ0) is 11.5. The van der Waals surface area contributed by atoms with Gasteiger partial charge in [0.2, 0.25) is 0 Å². The molecule has 0 unspecified atom stereocenters. The number of Topliss-reactive ketones (excluding diaryl/α,β-unsaturated/α-hetero) is 1. The van der Waals surface area contributed by atoms with Gasteiger partial charge in [0.25, 0.3) is 0 Å². The molecular weight excluding hydrogens is 202 g/mol. The Bertz CT molecular complexity index is 364. The summed E-state index contributed by atoms with van der Waals surface area (Å²) in [5, 5.41) is 6.98. The van der Waals surface area contributed by atoms with E-state index in [4.69, 9.17) is 0 Å². The molecule has 4 heteroatoms. The third kappa shape index (κ3) is 2.50. The number of carbonyl (C=O) groups excluding carboxylic acids is 1. The maximum absolute atomic E-state index is 11.2. The molecule has 1 aromatic rings. The van der Waals surface area contributed by atoms with E-state index in [0.29, 0.717) is 11.7 Å². The molecule has 88 valence electrons. The number of aromatic nitrogens is 2. The van der Waals surface area contributed by atoms with E-state index in [0.717, 1.165) is 38.2 Å². The lowest BCUT2D eigenvalue weighted by Crippen LogP contribution is -2.35. The minimum Gasteiger partial charge on any atom is -0.300 e. The molecule has 0 aliphatic carbocycles. The van der Waals surface area contributed by atoms with Crippen molar-refractivity contribution in [2.24, 2.45) is 5.92 Å². The van der Waals surface area contributed by atoms with Crippen molar-refractivity contribution < 1.29 is 4.79 Å². The first-order valence-corrected chi connectivity index (χ1v) is 5.88. The number of hydrogen-bond donors (Lipinski definition) is 1. The summed E-state index contributed by atoms with van der Waals surface area (Å²) in [6.45, 7) is 6.75. The Morgan fingerprint density at radius 3 is 2.75 bits per heavy atom. The van der Waals surface area contributed by atoms with Crippen LogP contribution in [-0.2, 0) is 11.3 Å². The Hall–Kier alpha value is -1.16. The van der Waals surface area contributed by atoms with Gasteiger partial charge in [0.1, 0.15) is 5.78 Å². The zero-order valence-electron chi connectivity index (χ0n) is 9.99. The fraction of sp³-hybridized carbons (Fsp3) is 0.667. The highest BCUT2D eigenvalue weighted by Crippen LogP contribution is 2.20. The van der Waals surface area contributed by atoms with Gasteiger partial charge in [-0.05, 0) is 39.8 Å². The molecule has 4 nitrogen and oxygen atoms in total. The second kappa shape index (κ2) is 4.78. The van der Waals surface area contributed by atoms with E-state index in [2.05, 4.69) is 15.1 Å². The van der Waals surface area contributed by atoms with E-state index in [1.54, 1.807) is 6.92 Å². The van der Waals surface area contributed by atoms with Crippen LogP contribution < -0.4 is 0 Å². The number of ketones is 1. The molecular formula is C12H19N3O. The average Bonchev–Trinajstić information content (AvgIpc) is 2.65. The summed E-state index contributed by atoms with van der Waals surface area (Å²) in [6, 6.07) is 0. The highest BCUT2D eigenvalue weighted by atomic mass is 16.1. The smallest absolute Gasteiger partial charge is 0.133 e. The quantitative estimate of drug-likeness (QED) is 0.842. The van der Waals surface area contributed by atoms with Crippen molar-refractivity contribution in [3.05, 3.63) is 17.5 Å². The van der Waals surface area contributed by atoms with Crippen LogP contribution in [0.4, 0.5) is 0 Å². The number of nitrogens with one attached hydrogen (secondary N) is 1. The summed E-state index contributed by atoms with van der Waals surface area (Å²) < 4.78 is 0. The number of aryl methyl sites for hydroxylation is 1. The molecule has 0 amide bonds. The van der Waals surface area contributed by atoms with Crippen molar-refractivity contribution in [3.8, 4) is 0 Å². The summed E-state index contributed by atoms with van der Waals surface area (Å²) in [7, 11) is 0. The summed E-state index contributed by atoms with van der Waals surface area (Å²) in [4.78, 5) is 13.6. The number of nitrogens with zero attached hydrogens (tertiary/aromatic N) is 2. The Morgan fingerprint density at radius 2 is 2.25 bits per heavy atom. The molecule has 1 N–H and O–H groups in total. The highest BCUT2D eigenvalue weighted by molar-refractivity contribution is 5.78. The SMILES string of the molecule is CC(=O)C1CCN(Cc2cn[nH]c2C)CC1. The molecule has 16 heavy (non-hydrogen) atoms. The van der Waals surface area contributed by atoms with Crippen LogP contribution in [0.2, 0.25) is 0 Å². The number of H-pyrrole nitrogens is 1. The summed E-state index contributed by atoms with van der Waals surface area (Å²) in [5.74, 6) is 0.640. The molecule has 0 aromatic carbocycles. The van der Waals surface area contributed by atoms with Gasteiger partial charge in [0, 0.05) is 23.7 Å². The number of rotatable bonds is 3. The molecule has 0 saturated carbocycles. The maximum Gasteiger partial charge on any atom is 0.133 e. The molecule has 1 aromatic heterocycles. The normalized spacial score (nSPS) is 18.9. The van der Waals surface area contributed by atoms with E-state index in [-0.39, 0.29) is 0 Å². The minimum absolute atomic E-state index is 0.293. The van der Waals surface area contributed by atoms with Crippen LogP contribution in [0.5, 0.6) is 0 Å². The van der Waals surface area contributed by atoms with Crippen LogP contribution in [0.1, 0.15) is 31.0 Å². The first-order valence-electron chi connectivity index (χ1n) is 5.88. The minimum atomic E-state index is 0.293. The Kier molecular flexibility index (Phi) is 3.39. The van der Waals surface area contributed by atoms with Gasteiger partial charge < -0.3 is 0 Å². The first-order chi connectivity index (χ1) is 7.66. The van der Waals surface area contributed by atoms with Crippen LogP contribution in [0, 0.1) is 12.8 Å². The Balaban J connectivity index is 1.86. The molecule has 0 bridgehead atoms. The Labute approximate surface area is 96.0 Å². The molecule has 0 atom stereocenters. The van der Waals surface area contributed by atoms with E-state index in [9.17, 15) is 4.79 Å². The first kappa shape index (κ1) is 11.3. The van der Waals surface area contributed by atoms with E-state index >= 15 is 0 Å². The van der Waals surface area contributed by atoms with E-state index < -0.39 is 0 Å². The van der Waals surface area contributed by atoms with Crippen molar-refractivity contribution >= 4 is 5.78 Å². The molecule has 1 saturated heterocycles. The topological polar surface area (TPSA) is 49.0 Å². The second-order valence-corrected chi connectivity index (χ2v) is 4.68. The van der Waals surface area contributed by atoms with E-state index in [1.165, 1.54) is 5.56 Å². The monoisotopic (exact) mass is 221 g/mol. The predicted octanol–water partition coefficient (Wildman–Crippen LogP) is 1.52. The summed E-state index contributed by atoms with van der Waals surface area (Å²) in [5.41, 5.74) is 2.41. The van der Waals surface area contributed by atoms with Crippen molar-refractivity contribution in [2.75, 3.05) is 13.1 Å². The number of piperidine rings is 1. The lowest BCUT2D eigenvalue weighted by atomic mass is 9.93. The molecule has 1 fully saturated rings. The lowest BCUT2D eigenvalue weighted by Gasteiger charge is -2.30. The van der Waals surface area contributed by atoms with Crippen molar-refractivity contribution in [1.29, 1.82) is 0 Å². The molecule has 2 rings (SSSR count). The van der Waals surface area contributed by atoms with E-state index in [1.807, 2.05) is 13.1 Å². The van der Waals surface area contributed by atoms with Crippen LogP contribution in [0.15, 0.2) is 6.20 Å². The van der Waals surface area contributed by atoms with Gasteiger partial charge in [-0.3, -0.25) is 14.8 Å².